The second-order valence-electron chi connectivity index (χ2n) is 5.73. The number of hydrogen-bond acceptors (Lipinski definition) is 5. The molecule has 1 amide bonds. The van der Waals surface area contributed by atoms with Crippen LogP contribution in [0, 0.1) is 0 Å². The fraction of sp³-hybridized carbons (Fsp3) is 0.294. The number of hydrogen-bond donors (Lipinski definition) is 2. The van der Waals surface area contributed by atoms with E-state index in [-0.39, 0.29) is 17.5 Å². The van der Waals surface area contributed by atoms with E-state index in [9.17, 15) is 9.59 Å². The summed E-state index contributed by atoms with van der Waals surface area (Å²) in [7, 11) is 0. The maximum Gasteiger partial charge on any atom is 0.335 e. The summed E-state index contributed by atoms with van der Waals surface area (Å²) in [5.74, 6) is -0.510. The van der Waals surface area contributed by atoms with Crippen LogP contribution >= 0.6 is 0 Å². The van der Waals surface area contributed by atoms with Crippen molar-refractivity contribution in [2.24, 2.45) is 0 Å². The van der Waals surface area contributed by atoms with Crippen LogP contribution in [0.3, 0.4) is 0 Å². The van der Waals surface area contributed by atoms with Gasteiger partial charge in [0.05, 0.1) is 5.56 Å². The van der Waals surface area contributed by atoms with Crippen molar-refractivity contribution in [1.29, 1.82) is 0 Å². The first-order valence-corrected chi connectivity index (χ1v) is 7.80. The molecule has 1 aliphatic rings. The highest BCUT2D eigenvalue weighted by atomic mass is 16.4. The molecule has 0 spiro atoms. The van der Waals surface area contributed by atoms with Crippen molar-refractivity contribution in [1.82, 2.24) is 15.5 Å². The summed E-state index contributed by atoms with van der Waals surface area (Å²) in [6, 6.07) is 9.77. The number of carboxylic acid groups (broad SMARTS) is 1. The van der Waals surface area contributed by atoms with Crippen molar-refractivity contribution in [2.45, 2.75) is 18.9 Å². The van der Waals surface area contributed by atoms with Gasteiger partial charge in [0.1, 0.15) is 0 Å². The maximum atomic E-state index is 12.4. The first-order valence-electron chi connectivity index (χ1n) is 7.80. The van der Waals surface area contributed by atoms with Gasteiger partial charge in [0.15, 0.2) is 5.82 Å². The molecule has 0 bridgehead atoms. The molecule has 124 valence electrons. The van der Waals surface area contributed by atoms with Gasteiger partial charge in [-0.25, -0.2) is 4.79 Å². The molecule has 2 heterocycles. The number of nitrogens with one attached hydrogen (secondary N) is 1. The molecule has 0 saturated carbocycles. The van der Waals surface area contributed by atoms with Gasteiger partial charge in [0.25, 0.3) is 5.91 Å². The summed E-state index contributed by atoms with van der Waals surface area (Å²) < 4.78 is 0. The fourth-order valence-corrected chi connectivity index (χ4v) is 2.83. The lowest BCUT2D eigenvalue weighted by atomic mass is 10.0. The Morgan fingerprint density at radius 1 is 1.21 bits per heavy atom. The lowest BCUT2D eigenvalue weighted by Gasteiger charge is -2.33. The summed E-state index contributed by atoms with van der Waals surface area (Å²) in [4.78, 5) is 25.5. The first kappa shape index (κ1) is 15.9. The van der Waals surface area contributed by atoms with Gasteiger partial charge >= 0.3 is 5.97 Å². The number of carbonyl (C=O) groups excluding carboxylic acids is 1. The van der Waals surface area contributed by atoms with Crippen LogP contribution in [0.25, 0.3) is 0 Å². The molecule has 2 N–H and O–H groups in total. The Labute approximate surface area is 139 Å². The Morgan fingerprint density at radius 2 is 2.04 bits per heavy atom. The second-order valence-corrected chi connectivity index (χ2v) is 5.73. The number of nitrogens with zero attached hydrogens (tertiary/aromatic N) is 3. The van der Waals surface area contributed by atoms with E-state index >= 15 is 0 Å². The average molecular weight is 326 g/mol. The topological polar surface area (TPSA) is 95.4 Å². The van der Waals surface area contributed by atoms with Crippen molar-refractivity contribution in [3.05, 3.63) is 53.7 Å². The number of amides is 1. The molecule has 1 fully saturated rings. The van der Waals surface area contributed by atoms with Gasteiger partial charge in [0, 0.05) is 30.9 Å². The Hall–Kier alpha value is -2.96. The number of rotatable bonds is 4. The van der Waals surface area contributed by atoms with E-state index in [1.165, 1.54) is 12.1 Å². The van der Waals surface area contributed by atoms with Gasteiger partial charge < -0.3 is 15.3 Å². The van der Waals surface area contributed by atoms with Crippen molar-refractivity contribution in [3.63, 3.8) is 0 Å². The van der Waals surface area contributed by atoms with Crippen molar-refractivity contribution in [3.8, 4) is 0 Å². The molecule has 24 heavy (non-hydrogen) atoms. The van der Waals surface area contributed by atoms with Crippen LogP contribution in [-0.4, -0.2) is 46.3 Å². The van der Waals surface area contributed by atoms with E-state index in [4.69, 9.17) is 5.11 Å². The minimum absolute atomic E-state index is 0.0123. The molecule has 7 heteroatoms. The smallest absolute Gasteiger partial charge is 0.335 e. The van der Waals surface area contributed by atoms with E-state index in [2.05, 4.69) is 20.4 Å². The van der Waals surface area contributed by atoms with Crippen molar-refractivity contribution >= 4 is 17.7 Å². The summed E-state index contributed by atoms with van der Waals surface area (Å²) in [6.07, 6.45) is 3.44. The highest BCUT2D eigenvalue weighted by Gasteiger charge is 2.23. The number of carboxylic acids is 1. The highest BCUT2D eigenvalue weighted by Crippen LogP contribution is 2.17. The van der Waals surface area contributed by atoms with Gasteiger partial charge in [0.2, 0.25) is 0 Å². The van der Waals surface area contributed by atoms with Gasteiger partial charge in [-0.3, -0.25) is 4.79 Å². The molecular weight excluding hydrogens is 308 g/mol. The SMILES string of the molecule is O=C(O)c1cccc(C(=O)NC2CCCN(c3cccnn3)C2)c1. The lowest BCUT2D eigenvalue weighted by Crippen LogP contribution is -2.48. The van der Waals surface area contributed by atoms with E-state index in [0.29, 0.717) is 12.1 Å². The van der Waals surface area contributed by atoms with E-state index in [1.54, 1.807) is 18.3 Å². The van der Waals surface area contributed by atoms with Crippen LogP contribution < -0.4 is 10.2 Å². The second kappa shape index (κ2) is 7.08. The number of piperidine rings is 1. The molecule has 1 atom stereocenters. The number of benzene rings is 1. The Kier molecular flexibility index (Phi) is 4.69. The minimum Gasteiger partial charge on any atom is -0.478 e. The quantitative estimate of drug-likeness (QED) is 0.885. The zero-order chi connectivity index (χ0) is 16.9. The minimum atomic E-state index is -1.05. The third-order valence-electron chi connectivity index (χ3n) is 4.01. The zero-order valence-electron chi connectivity index (χ0n) is 13.1. The number of aromatic nitrogens is 2. The van der Waals surface area contributed by atoms with Gasteiger partial charge in [-0.05, 0) is 43.2 Å². The predicted octanol–water partition coefficient (Wildman–Crippen LogP) is 1.57. The molecule has 0 aliphatic carbocycles. The number of aromatic carboxylic acids is 1. The van der Waals surface area contributed by atoms with Crippen molar-refractivity contribution < 1.29 is 14.7 Å². The molecule has 1 saturated heterocycles. The Bertz CT molecular complexity index is 736. The van der Waals surface area contributed by atoms with Crippen LogP contribution in [0.1, 0.15) is 33.6 Å². The third kappa shape index (κ3) is 3.68. The van der Waals surface area contributed by atoms with Gasteiger partial charge in [-0.2, -0.15) is 5.10 Å². The van der Waals surface area contributed by atoms with E-state index in [0.717, 1.165) is 25.2 Å². The number of anilines is 1. The molecule has 1 aromatic heterocycles. The standard InChI is InChI=1S/C17H18N4O3/c22-16(12-4-1-5-13(10-12)17(23)24)19-14-6-3-9-21(11-14)15-7-2-8-18-20-15/h1-2,4-5,7-8,10,14H,3,6,9,11H2,(H,19,22)(H,23,24). The largest absolute Gasteiger partial charge is 0.478 e. The van der Waals surface area contributed by atoms with Gasteiger partial charge in [-0.1, -0.05) is 6.07 Å². The monoisotopic (exact) mass is 326 g/mol. The first-order chi connectivity index (χ1) is 11.6. The zero-order valence-corrected chi connectivity index (χ0v) is 13.1. The summed E-state index contributed by atoms with van der Waals surface area (Å²) >= 11 is 0. The van der Waals surface area contributed by atoms with Crippen LogP contribution in [0.5, 0.6) is 0 Å². The van der Waals surface area contributed by atoms with Crippen LogP contribution in [0.15, 0.2) is 42.6 Å². The molecule has 1 aromatic carbocycles. The normalized spacial score (nSPS) is 17.3. The Morgan fingerprint density at radius 3 is 2.79 bits per heavy atom. The molecule has 7 nitrogen and oxygen atoms in total. The highest BCUT2D eigenvalue weighted by molar-refractivity contribution is 5.97. The lowest BCUT2D eigenvalue weighted by molar-refractivity contribution is 0.0697. The molecule has 3 rings (SSSR count). The third-order valence-corrected chi connectivity index (χ3v) is 4.01. The van der Waals surface area contributed by atoms with E-state index in [1.807, 2.05) is 12.1 Å². The molecule has 1 unspecified atom stereocenters. The van der Waals surface area contributed by atoms with Crippen LogP contribution in [0.2, 0.25) is 0 Å². The summed E-state index contributed by atoms with van der Waals surface area (Å²) in [5, 5.41) is 20.0. The molecule has 0 radical (unpaired) electrons. The Balaban J connectivity index is 1.66. The average Bonchev–Trinajstić information content (AvgIpc) is 2.63. The summed E-state index contributed by atoms with van der Waals surface area (Å²) in [6.45, 7) is 1.53. The molecule has 1 aliphatic heterocycles. The van der Waals surface area contributed by atoms with E-state index < -0.39 is 5.97 Å². The maximum absolute atomic E-state index is 12.4. The predicted molar refractivity (Wildman–Crippen MR) is 88.1 cm³/mol. The molecule has 2 aromatic rings. The molecular formula is C17H18N4O3. The van der Waals surface area contributed by atoms with Crippen LogP contribution in [-0.2, 0) is 0 Å². The summed E-state index contributed by atoms with van der Waals surface area (Å²) in [5.41, 5.74) is 0.457. The van der Waals surface area contributed by atoms with Crippen molar-refractivity contribution in [2.75, 3.05) is 18.0 Å². The number of carbonyl (C=O) groups is 2. The van der Waals surface area contributed by atoms with Crippen LogP contribution in [0.4, 0.5) is 5.82 Å². The fourth-order valence-electron chi connectivity index (χ4n) is 2.83. The van der Waals surface area contributed by atoms with Gasteiger partial charge in [-0.15, -0.1) is 5.10 Å².